The maximum absolute atomic E-state index is 10.8. The molecule has 0 atom stereocenters. The lowest BCUT2D eigenvalue weighted by molar-refractivity contribution is -0.118. The molecule has 0 spiro atoms. The molecule has 1 aliphatic carbocycles. The molecule has 4 rings (SSSR count). The molecule has 0 unspecified atom stereocenters. The summed E-state index contributed by atoms with van der Waals surface area (Å²) in [5, 5.41) is 3.28. The van der Waals surface area contributed by atoms with E-state index in [1.165, 1.54) is 0 Å². The summed E-state index contributed by atoms with van der Waals surface area (Å²) in [6.45, 7) is 3.24. The van der Waals surface area contributed by atoms with Crippen molar-refractivity contribution in [1.82, 2.24) is 14.9 Å². The van der Waals surface area contributed by atoms with E-state index in [0.717, 1.165) is 61.7 Å². The summed E-state index contributed by atoms with van der Waals surface area (Å²) in [6.07, 6.45) is 14.1. The number of hydrogen-bond donors (Lipinski definition) is 1. The van der Waals surface area contributed by atoms with Crippen LogP contribution in [0, 0.1) is 0 Å². The van der Waals surface area contributed by atoms with Crippen LogP contribution in [0.15, 0.2) is 66.9 Å². The molecule has 142 valence electrons. The molecule has 0 bridgehead atoms. The molecule has 6 heteroatoms. The lowest BCUT2D eigenvalue weighted by atomic mass is 10.1. The van der Waals surface area contributed by atoms with Gasteiger partial charge in [0.2, 0.25) is 12.4 Å². The fourth-order valence-electron chi connectivity index (χ4n) is 3.30. The third-order valence-corrected chi connectivity index (χ3v) is 4.88. The molecule has 1 saturated heterocycles. The van der Waals surface area contributed by atoms with Crippen molar-refractivity contribution in [1.29, 1.82) is 0 Å². The van der Waals surface area contributed by atoms with E-state index >= 15 is 0 Å². The Hall–Kier alpha value is -3.41. The summed E-state index contributed by atoms with van der Waals surface area (Å²) >= 11 is 0. The standard InChI is InChI=1S/C22H23N5O/c28-17-26-13-15-27(16-14-26)20-9-7-19(8-10-20)24-22-23-12-11-21(25-22)18-5-3-1-2-4-6-18/h1,3-12,17H,2,13-16H2,(H,23,24,25). The van der Waals surface area contributed by atoms with E-state index in [9.17, 15) is 4.79 Å². The van der Waals surface area contributed by atoms with Gasteiger partial charge in [-0.1, -0.05) is 30.4 Å². The Labute approximate surface area is 164 Å². The normalized spacial score (nSPS) is 16.5. The third kappa shape index (κ3) is 4.28. The second-order valence-corrected chi connectivity index (χ2v) is 6.75. The molecule has 1 aliphatic heterocycles. The number of amides is 1. The molecule has 0 saturated carbocycles. The largest absolute Gasteiger partial charge is 0.368 e. The number of benzene rings is 1. The van der Waals surface area contributed by atoms with Crippen molar-refractivity contribution in [3.05, 3.63) is 72.6 Å². The predicted octanol–water partition coefficient (Wildman–Crippen LogP) is 3.40. The minimum absolute atomic E-state index is 0.576. The highest BCUT2D eigenvalue weighted by atomic mass is 16.1. The average Bonchev–Trinajstić information content (AvgIpc) is 3.04. The van der Waals surface area contributed by atoms with Gasteiger partial charge >= 0.3 is 0 Å². The van der Waals surface area contributed by atoms with Crippen LogP contribution in [0.4, 0.5) is 17.3 Å². The van der Waals surface area contributed by atoms with Crippen LogP contribution in [0.1, 0.15) is 12.1 Å². The van der Waals surface area contributed by atoms with E-state index < -0.39 is 0 Å². The van der Waals surface area contributed by atoms with Crippen LogP contribution in [0.25, 0.3) is 5.57 Å². The number of hydrogen-bond acceptors (Lipinski definition) is 5. The van der Waals surface area contributed by atoms with Crippen molar-refractivity contribution in [3.8, 4) is 0 Å². The van der Waals surface area contributed by atoms with E-state index in [0.29, 0.717) is 5.95 Å². The highest BCUT2D eigenvalue weighted by Crippen LogP contribution is 2.22. The number of aromatic nitrogens is 2. The summed E-state index contributed by atoms with van der Waals surface area (Å²) < 4.78 is 0. The molecular formula is C22H23N5O. The Morgan fingerprint density at radius 3 is 2.61 bits per heavy atom. The van der Waals surface area contributed by atoms with Crippen molar-refractivity contribution in [2.24, 2.45) is 0 Å². The molecule has 2 heterocycles. The molecule has 28 heavy (non-hydrogen) atoms. The van der Waals surface area contributed by atoms with Crippen LogP contribution in [-0.2, 0) is 4.79 Å². The van der Waals surface area contributed by atoms with Crippen molar-refractivity contribution >= 4 is 29.3 Å². The van der Waals surface area contributed by atoms with Gasteiger partial charge in [-0.25, -0.2) is 9.97 Å². The number of rotatable bonds is 5. The number of anilines is 3. The summed E-state index contributed by atoms with van der Waals surface area (Å²) in [4.78, 5) is 23.9. The molecule has 2 aromatic rings. The fourth-order valence-corrected chi connectivity index (χ4v) is 3.30. The van der Waals surface area contributed by atoms with Crippen molar-refractivity contribution in [2.75, 3.05) is 36.4 Å². The molecule has 1 N–H and O–H groups in total. The number of carbonyl (C=O) groups is 1. The smallest absolute Gasteiger partial charge is 0.227 e. The van der Waals surface area contributed by atoms with Crippen LogP contribution in [0.5, 0.6) is 0 Å². The Bertz CT molecular complexity index is 909. The Balaban J connectivity index is 1.43. The molecule has 1 aromatic heterocycles. The van der Waals surface area contributed by atoms with Crippen molar-refractivity contribution < 1.29 is 4.79 Å². The number of carbonyl (C=O) groups excluding carboxylic acids is 1. The molecular weight excluding hydrogens is 350 g/mol. The van der Waals surface area contributed by atoms with Gasteiger partial charge in [0.25, 0.3) is 0 Å². The monoisotopic (exact) mass is 373 g/mol. The van der Waals surface area contributed by atoms with E-state index in [2.05, 4.69) is 62.7 Å². The van der Waals surface area contributed by atoms with E-state index in [1.807, 2.05) is 23.1 Å². The van der Waals surface area contributed by atoms with E-state index in [4.69, 9.17) is 0 Å². The van der Waals surface area contributed by atoms with Crippen LogP contribution in [-0.4, -0.2) is 47.5 Å². The van der Waals surface area contributed by atoms with E-state index in [-0.39, 0.29) is 0 Å². The molecule has 2 aliphatic rings. The van der Waals surface area contributed by atoms with Gasteiger partial charge in [-0.2, -0.15) is 0 Å². The summed E-state index contributed by atoms with van der Waals surface area (Å²) in [5.74, 6) is 0.576. The quantitative estimate of drug-likeness (QED) is 0.814. The minimum Gasteiger partial charge on any atom is -0.368 e. The predicted molar refractivity (Wildman–Crippen MR) is 112 cm³/mol. The van der Waals surface area contributed by atoms with E-state index in [1.54, 1.807) is 6.20 Å². The van der Waals surface area contributed by atoms with Gasteiger partial charge in [-0.05, 0) is 42.3 Å². The SMILES string of the molecule is O=CN1CCN(c2ccc(Nc3nccc(C4=CC=CCC=C4)n3)cc2)CC1. The van der Waals surface area contributed by atoms with Crippen molar-refractivity contribution in [3.63, 3.8) is 0 Å². The zero-order chi connectivity index (χ0) is 19.2. The average molecular weight is 373 g/mol. The molecule has 0 radical (unpaired) electrons. The number of piperazine rings is 1. The second-order valence-electron chi connectivity index (χ2n) is 6.75. The number of allylic oxidation sites excluding steroid dienone is 6. The van der Waals surface area contributed by atoms with Crippen molar-refractivity contribution in [2.45, 2.75) is 6.42 Å². The first-order valence-electron chi connectivity index (χ1n) is 9.50. The van der Waals surface area contributed by atoms with Crippen LogP contribution in [0.3, 0.4) is 0 Å². The lowest BCUT2D eigenvalue weighted by Crippen LogP contribution is -2.45. The zero-order valence-corrected chi connectivity index (χ0v) is 15.7. The topological polar surface area (TPSA) is 61.4 Å². The van der Waals surface area contributed by atoms with Gasteiger partial charge < -0.3 is 15.1 Å². The molecule has 6 nitrogen and oxygen atoms in total. The second kappa shape index (κ2) is 8.52. The first-order valence-corrected chi connectivity index (χ1v) is 9.50. The maximum atomic E-state index is 10.8. The van der Waals surface area contributed by atoms with Gasteiger partial charge in [0.15, 0.2) is 0 Å². The van der Waals surface area contributed by atoms with Gasteiger partial charge in [0.05, 0.1) is 5.69 Å². The molecule has 1 amide bonds. The summed E-state index contributed by atoms with van der Waals surface area (Å²) in [7, 11) is 0. The fraction of sp³-hybridized carbons (Fsp3) is 0.227. The zero-order valence-electron chi connectivity index (χ0n) is 15.7. The summed E-state index contributed by atoms with van der Waals surface area (Å²) in [5.41, 5.74) is 4.07. The Morgan fingerprint density at radius 2 is 1.82 bits per heavy atom. The first kappa shape index (κ1) is 18.0. The molecule has 1 aromatic carbocycles. The number of nitrogens with zero attached hydrogens (tertiary/aromatic N) is 4. The minimum atomic E-state index is 0.576. The Kier molecular flexibility index (Phi) is 5.47. The van der Waals surface area contributed by atoms with Gasteiger partial charge in [0.1, 0.15) is 0 Å². The summed E-state index contributed by atoms with van der Waals surface area (Å²) in [6, 6.07) is 10.2. The van der Waals surface area contributed by atoms with Crippen LogP contribution in [0.2, 0.25) is 0 Å². The highest BCUT2D eigenvalue weighted by molar-refractivity contribution is 5.74. The van der Waals surface area contributed by atoms with Gasteiger partial charge in [-0.15, -0.1) is 0 Å². The van der Waals surface area contributed by atoms with Crippen LogP contribution < -0.4 is 10.2 Å². The van der Waals surface area contributed by atoms with Gasteiger partial charge in [0, 0.05) is 43.8 Å². The first-order chi connectivity index (χ1) is 13.8. The molecule has 1 fully saturated rings. The number of nitrogens with one attached hydrogen (secondary N) is 1. The lowest BCUT2D eigenvalue weighted by Gasteiger charge is -2.34. The Morgan fingerprint density at radius 1 is 1.00 bits per heavy atom. The highest BCUT2D eigenvalue weighted by Gasteiger charge is 2.15. The van der Waals surface area contributed by atoms with Gasteiger partial charge in [-0.3, -0.25) is 4.79 Å². The van der Waals surface area contributed by atoms with Crippen LogP contribution >= 0.6 is 0 Å². The maximum Gasteiger partial charge on any atom is 0.227 e. The third-order valence-electron chi connectivity index (χ3n) is 4.88.